The number of halogens is 4. The summed E-state index contributed by atoms with van der Waals surface area (Å²) in [6.07, 6.45) is 0. The van der Waals surface area contributed by atoms with Crippen LogP contribution < -0.4 is 15.8 Å². The first kappa shape index (κ1) is 19.8. The lowest BCUT2D eigenvalue weighted by Crippen LogP contribution is -2.22. The van der Waals surface area contributed by atoms with Gasteiger partial charge in [-0.3, -0.25) is 0 Å². The Kier molecular flexibility index (Phi) is 7.87. The van der Waals surface area contributed by atoms with Crippen molar-refractivity contribution in [3.63, 3.8) is 0 Å². The summed E-state index contributed by atoms with van der Waals surface area (Å²) in [4.78, 5) is 4.16. The molecule has 0 saturated carbocycles. The van der Waals surface area contributed by atoms with Gasteiger partial charge in [0.25, 0.3) is 0 Å². The molecule has 4 nitrogen and oxygen atoms in total. The normalized spacial score (nSPS) is 10.9. The number of nitrogens with two attached hydrogens (primary N) is 1. The molecule has 0 saturated heterocycles. The standard InChI is InChI=1S/C15H14Cl2FN3O.HI/c1-22-14-5-3-10(7-12(14)17)21-15(19)20-8-9-2-4-13(18)11(16)6-9;/h2-7H,8H2,1H3,(H3,19,20,21);1H. The number of anilines is 1. The van der Waals surface area contributed by atoms with Crippen LogP contribution in [-0.4, -0.2) is 13.1 Å². The topological polar surface area (TPSA) is 59.6 Å². The van der Waals surface area contributed by atoms with E-state index < -0.39 is 5.82 Å². The first-order valence-corrected chi connectivity index (χ1v) is 7.09. The van der Waals surface area contributed by atoms with Gasteiger partial charge >= 0.3 is 0 Å². The first-order chi connectivity index (χ1) is 10.5. The van der Waals surface area contributed by atoms with Crippen molar-refractivity contribution in [1.29, 1.82) is 0 Å². The van der Waals surface area contributed by atoms with Crippen molar-refractivity contribution < 1.29 is 9.13 Å². The molecule has 0 aliphatic carbocycles. The average molecular weight is 470 g/mol. The predicted molar refractivity (Wildman–Crippen MR) is 104 cm³/mol. The van der Waals surface area contributed by atoms with E-state index in [1.165, 1.54) is 19.2 Å². The van der Waals surface area contributed by atoms with Gasteiger partial charge in [-0.2, -0.15) is 0 Å². The summed E-state index contributed by atoms with van der Waals surface area (Å²) in [5, 5.41) is 3.43. The molecule has 124 valence electrons. The van der Waals surface area contributed by atoms with E-state index in [-0.39, 0.29) is 41.5 Å². The van der Waals surface area contributed by atoms with Crippen LogP contribution in [0.5, 0.6) is 5.75 Å². The van der Waals surface area contributed by atoms with Gasteiger partial charge in [0.15, 0.2) is 5.96 Å². The number of hydrogen-bond acceptors (Lipinski definition) is 2. The molecule has 2 aromatic rings. The Bertz CT molecular complexity index is 713. The van der Waals surface area contributed by atoms with Crippen LogP contribution >= 0.6 is 47.2 Å². The average Bonchev–Trinajstić information content (AvgIpc) is 2.49. The summed E-state index contributed by atoms with van der Waals surface area (Å²) >= 11 is 11.7. The molecule has 0 atom stereocenters. The molecule has 3 N–H and O–H groups in total. The van der Waals surface area contributed by atoms with Crippen molar-refractivity contribution in [2.45, 2.75) is 6.54 Å². The fourth-order valence-electron chi connectivity index (χ4n) is 1.75. The van der Waals surface area contributed by atoms with Gasteiger partial charge in [0.05, 0.1) is 23.7 Å². The van der Waals surface area contributed by atoms with Crippen molar-refractivity contribution in [2.24, 2.45) is 10.7 Å². The highest BCUT2D eigenvalue weighted by atomic mass is 127. The van der Waals surface area contributed by atoms with Gasteiger partial charge in [0.1, 0.15) is 11.6 Å². The van der Waals surface area contributed by atoms with Gasteiger partial charge in [-0.05, 0) is 35.9 Å². The van der Waals surface area contributed by atoms with Gasteiger partial charge in [0.2, 0.25) is 0 Å². The Balaban J connectivity index is 0.00000264. The summed E-state index contributed by atoms with van der Waals surface area (Å²) in [5.41, 5.74) is 7.24. The van der Waals surface area contributed by atoms with Crippen molar-refractivity contribution in [3.8, 4) is 5.75 Å². The molecule has 0 aromatic heterocycles. The highest BCUT2D eigenvalue weighted by molar-refractivity contribution is 14.0. The molecular weight excluding hydrogens is 455 g/mol. The number of ether oxygens (including phenoxy) is 1. The number of nitrogens with zero attached hydrogens (tertiary/aromatic N) is 1. The molecule has 0 aliphatic rings. The summed E-state index contributed by atoms with van der Waals surface area (Å²) in [6.45, 7) is 0.280. The van der Waals surface area contributed by atoms with Gasteiger partial charge < -0.3 is 15.8 Å². The molecule has 0 unspecified atom stereocenters. The predicted octanol–water partition coefficient (Wildman–Crippen LogP) is 4.69. The molecule has 2 rings (SSSR count). The zero-order valence-electron chi connectivity index (χ0n) is 12.1. The quantitative estimate of drug-likeness (QED) is 0.388. The van der Waals surface area contributed by atoms with Crippen molar-refractivity contribution in [2.75, 3.05) is 12.4 Å². The number of methoxy groups -OCH3 is 1. The molecule has 0 spiro atoms. The largest absolute Gasteiger partial charge is 0.495 e. The third kappa shape index (κ3) is 5.71. The Labute approximate surface area is 160 Å². The molecular formula is C15H15Cl2FIN3O. The van der Waals surface area contributed by atoms with Crippen molar-refractivity contribution in [3.05, 3.63) is 57.8 Å². The van der Waals surface area contributed by atoms with Crippen LogP contribution in [0.1, 0.15) is 5.56 Å². The summed E-state index contributed by atoms with van der Waals surface area (Å²) in [7, 11) is 1.54. The smallest absolute Gasteiger partial charge is 0.193 e. The second-order valence-corrected chi connectivity index (χ2v) is 5.24. The highest BCUT2D eigenvalue weighted by Crippen LogP contribution is 2.27. The number of guanidine groups is 1. The maximum Gasteiger partial charge on any atom is 0.193 e. The van der Waals surface area contributed by atoms with E-state index in [4.69, 9.17) is 33.7 Å². The maximum absolute atomic E-state index is 13.1. The zero-order chi connectivity index (χ0) is 16.1. The summed E-state index contributed by atoms with van der Waals surface area (Å²) in [6, 6.07) is 9.57. The Morgan fingerprint density at radius 2 is 1.96 bits per heavy atom. The van der Waals surface area contributed by atoms with Crippen LogP contribution in [-0.2, 0) is 6.54 Å². The van der Waals surface area contributed by atoms with Gasteiger partial charge in [-0.15, -0.1) is 24.0 Å². The van der Waals surface area contributed by atoms with Crippen LogP contribution in [0, 0.1) is 5.82 Å². The summed E-state index contributed by atoms with van der Waals surface area (Å²) in [5.74, 6) is 0.318. The Morgan fingerprint density at radius 1 is 1.22 bits per heavy atom. The lowest BCUT2D eigenvalue weighted by atomic mass is 10.2. The fourth-order valence-corrected chi connectivity index (χ4v) is 2.21. The SMILES string of the molecule is COc1ccc(NC(N)=NCc2ccc(F)c(Cl)c2)cc1Cl.I. The van der Waals surface area contributed by atoms with E-state index in [2.05, 4.69) is 10.3 Å². The first-order valence-electron chi connectivity index (χ1n) is 6.34. The molecule has 23 heavy (non-hydrogen) atoms. The Morgan fingerprint density at radius 3 is 2.57 bits per heavy atom. The van der Waals surface area contributed by atoms with Crippen LogP contribution in [0.2, 0.25) is 10.0 Å². The number of nitrogens with one attached hydrogen (secondary N) is 1. The van der Waals surface area contributed by atoms with Gasteiger partial charge in [-0.1, -0.05) is 29.3 Å². The molecule has 0 bridgehead atoms. The minimum atomic E-state index is -0.464. The lowest BCUT2D eigenvalue weighted by molar-refractivity contribution is 0.415. The maximum atomic E-state index is 13.1. The van der Waals surface area contributed by atoms with Crippen molar-refractivity contribution >= 4 is 58.8 Å². The van der Waals surface area contributed by atoms with E-state index in [0.717, 1.165) is 5.56 Å². The van der Waals surface area contributed by atoms with E-state index in [1.54, 1.807) is 24.3 Å². The molecule has 0 fully saturated rings. The molecule has 0 amide bonds. The number of hydrogen-bond donors (Lipinski definition) is 2. The fraction of sp³-hybridized carbons (Fsp3) is 0.133. The Hall–Kier alpha value is -1.25. The second-order valence-electron chi connectivity index (χ2n) is 4.42. The van der Waals surface area contributed by atoms with E-state index >= 15 is 0 Å². The molecule has 0 heterocycles. The number of aliphatic imine (C=N–C) groups is 1. The highest BCUT2D eigenvalue weighted by Gasteiger charge is 2.03. The van der Waals surface area contributed by atoms with Crippen LogP contribution in [0.25, 0.3) is 0 Å². The van der Waals surface area contributed by atoms with Crippen LogP contribution in [0.15, 0.2) is 41.4 Å². The minimum absolute atomic E-state index is 0. The molecule has 0 radical (unpaired) electrons. The molecule has 0 aliphatic heterocycles. The van der Waals surface area contributed by atoms with Crippen LogP contribution in [0.4, 0.5) is 10.1 Å². The number of benzene rings is 2. The third-order valence-electron chi connectivity index (χ3n) is 2.84. The van der Waals surface area contributed by atoms with Gasteiger partial charge in [-0.25, -0.2) is 9.38 Å². The van der Waals surface area contributed by atoms with Crippen molar-refractivity contribution in [1.82, 2.24) is 0 Å². The van der Waals surface area contributed by atoms with E-state index in [1.807, 2.05) is 0 Å². The summed E-state index contributed by atoms with van der Waals surface area (Å²) < 4.78 is 18.1. The monoisotopic (exact) mass is 469 g/mol. The molecule has 2 aromatic carbocycles. The number of rotatable bonds is 4. The minimum Gasteiger partial charge on any atom is -0.495 e. The molecule has 8 heteroatoms. The van der Waals surface area contributed by atoms with E-state index in [9.17, 15) is 4.39 Å². The van der Waals surface area contributed by atoms with Crippen LogP contribution in [0.3, 0.4) is 0 Å². The third-order valence-corrected chi connectivity index (χ3v) is 3.43. The van der Waals surface area contributed by atoms with Gasteiger partial charge in [0, 0.05) is 5.69 Å². The van der Waals surface area contributed by atoms with E-state index in [0.29, 0.717) is 16.5 Å². The zero-order valence-corrected chi connectivity index (χ0v) is 16.0. The second kappa shape index (κ2) is 9.14. The lowest BCUT2D eigenvalue weighted by Gasteiger charge is -2.08.